The number of hydrogen-bond acceptors (Lipinski definition) is 5. The quantitative estimate of drug-likeness (QED) is 0.526. The lowest BCUT2D eigenvalue weighted by Gasteiger charge is -2.00. The van der Waals surface area contributed by atoms with Crippen LogP contribution in [0.4, 0.5) is 11.4 Å². The first-order valence-electron chi connectivity index (χ1n) is 5.75. The molecule has 2 rings (SSSR count). The molecule has 2 aromatic carbocycles. The van der Waals surface area contributed by atoms with Gasteiger partial charge in [-0.2, -0.15) is 0 Å². The van der Waals surface area contributed by atoms with E-state index in [0.29, 0.717) is 11.3 Å². The number of ether oxygens (including phenoxy) is 1. The van der Waals surface area contributed by atoms with Crippen LogP contribution in [0, 0.1) is 10.1 Å². The molecule has 0 saturated heterocycles. The molecule has 0 aliphatic heterocycles. The molecule has 0 atom stereocenters. The van der Waals surface area contributed by atoms with Crippen molar-refractivity contribution in [2.75, 3.05) is 7.11 Å². The highest BCUT2D eigenvalue weighted by molar-refractivity contribution is 5.85. The highest BCUT2D eigenvalue weighted by Crippen LogP contribution is 2.23. The van der Waals surface area contributed by atoms with Crippen LogP contribution in [0.1, 0.15) is 5.56 Å². The number of rotatable bonds is 4. The third kappa shape index (κ3) is 3.11. The summed E-state index contributed by atoms with van der Waals surface area (Å²) >= 11 is 0. The molecule has 0 aliphatic rings. The Bertz CT molecular complexity index is 651. The minimum absolute atomic E-state index is 0.163. The van der Waals surface area contributed by atoms with Gasteiger partial charge in [0.15, 0.2) is 0 Å². The normalized spacial score (nSPS) is 10.7. The molecule has 0 unspecified atom stereocenters. The number of aliphatic imine (C=N–C) groups is 1. The van der Waals surface area contributed by atoms with E-state index in [4.69, 9.17) is 4.74 Å². The van der Waals surface area contributed by atoms with Crippen molar-refractivity contribution in [1.82, 2.24) is 0 Å². The molecule has 6 nitrogen and oxygen atoms in total. The first-order chi connectivity index (χ1) is 9.60. The minimum atomic E-state index is -0.565. The number of hydrogen-bond donors (Lipinski definition) is 1. The maximum absolute atomic E-state index is 10.6. The number of nitro groups is 1. The first-order valence-corrected chi connectivity index (χ1v) is 5.75. The van der Waals surface area contributed by atoms with Crippen LogP contribution in [0.5, 0.6) is 11.5 Å². The van der Waals surface area contributed by atoms with Gasteiger partial charge in [0.05, 0.1) is 23.8 Å². The van der Waals surface area contributed by atoms with E-state index in [2.05, 4.69) is 4.99 Å². The van der Waals surface area contributed by atoms with Gasteiger partial charge in [-0.25, -0.2) is 0 Å². The fraction of sp³-hybridized carbons (Fsp3) is 0.0714. The van der Waals surface area contributed by atoms with Crippen molar-refractivity contribution in [2.24, 2.45) is 4.99 Å². The van der Waals surface area contributed by atoms with Crippen molar-refractivity contribution in [3.63, 3.8) is 0 Å². The zero-order valence-electron chi connectivity index (χ0n) is 10.7. The van der Waals surface area contributed by atoms with Crippen LogP contribution in [0.25, 0.3) is 0 Å². The molecule has 1 N–H and O–H groups in total. The molecule has 0 bridgehead atoms. The molecule has 6 heteroatoms. The summed E-state index contributed by atoms with van der Waals surface area (Å²) in [6.45, 7) is 0. The molecule has 0 radical (unpaired) electrons. The second-order valence-corrected chi connectivity index (χ2v) is 3.96. The molecule has 2 aromatic rings. The van der Waals surface area contributed by atoms with Gasteiger partial charge in [0.1, 0.15) is 11.5 Å². The number of benzene rings is 2. The number of nitrogens with zero attached hydrogens (tertiary/aromatic N) is 2. The van der Waals surface area contributed by atoms with E-state index in [0.717, 1.165) is 11.8 Å². The van der Waals surface area contributed by atoms with Gasteiger partial charge in [-0.15, -0.1) is 0 Å². The predicted octanol–water partition coefficient (Wildman–Crippen LogP) is 3.06. The summed E-state index contributed by atoms with van der Waals surface area (Å²) in [6, 6.07) is 10.9. The molecule has 0 heterocycles. The Hall–Kier alpha value is -2.89. The smallest absolute Gasteiger partial charge is 0.273 e. The van der Waals surface area contributed by atoms with Crippen LogP contribution in [0.2, 0.25) is 0 Å². The standard InChI is InChI=1S/C14H12N2O4/c1-20-13-6-3-11(4-7-13)15-9-10-2-5-12(16(18)19)8-14(10)17/h2-9,17H,1H3. The van der Waals surface area contributed by atoms with Crippen molar-refractivity contribution >= 4 is 17.6 Å². The lowest BCUT2D eigenvalue weighted by molar-refractivity contribution is -0.384. The summed E-state index contributed by atoms with van der Waals surface area (Å²) < 4.78 is 5.03. The predicted molar refractivity (Wildman–Crippen MR) is 75.0 cm³/mol. The number of nitro benzene ring substituents is 1. The zero-order chi connectivity index (χ0) is 14.5. The second kappa shape index (κ2) is 5.83. The molecule has 0 amide bonds. The lowest BCUT2D eigenvalue weighted by atomic mass is 10.2. The van der Waals surface area contributed by atoms with Crippen molar-refractivity contribution in [3.8, 4) is 11.5 Å². The molecule has 20 heavy (non-hydrogen) atoms. The third-order valence-electron chi connectivity index (χ3n) is 2.65. The van der Waals surface area contributed by atoms with Gasteiger partial charge in [0.2, 0.25) is 0 Å². The fourth-order valence-electron chi connectivity index (χ4n) is 1.57. The van der Waals surface area contributed by atoms with Crippen LogP contribution in [0.15, 0.2) is 47.5 Å². The Labute approximate surface area is 115 Å². The Morgan fingerprint density at radius 1 is 1.25 bits per heavy atom. The van der Waals surface area contributed by atoms with Crippen molar-refractivity contribution in [2.45, 2.75) is 0 Å². The zero-order valence-corrected chi connectivity index (χ0v) is 10.7. The van der Waals surface area contributed by atoms with E-state index in [1.165, 1.54) is 18.3 Å². The van der Waals surface area contributed by atoms with Crippen molar-refractivity contribution in [1.29, 1.82) is 0 Å². The largest absolute Gasteiger partial charge is 0.507 e. The molecule has 0 spiro atoms. The highest BCUT2D eigenvalue weighted by atomic mass is 16.6. The van der Waals surface area contributed by atoms with Gasteiger partial charge in [-0.05, 0) is 30.3 Å². The maximum atomic E-state index is 10.6. The van der Waals surface area contributed by atoms with Gasteiger partial charge < -0.3 is 9.84 Å². The third-order valence-corrected chi connectivity index (χ3v) is 2.65. The Morgan fingerprint density at radius 3 is 2.50 bits per heavy atom. The van der Waals surface area contributed by atoms with Crippen molar-refractivity contribution < 1.29 is 14.8 Å². The summed E-state index contributed by atoms with van der Waals surface area (Å²) in [7, 11) is 1.58. The molecule has 0 fully saturated rings. The van der Waals surface area contributed by atoms with Gasteiger partial charge in [0, 0.05) is 17.8 Å². The molecule has 0 aromatic heterocycles. The number of aromatic hydroxyl groups is 1. The second-order valence-electron chi connectivity index (χ2n) is 3.96. The monoisotopic (exact) mass is 272 g/mol. The average molecular weight is 272 g/mol. The van der Waals surface area contributed by atoms with Crippen molar-refractivity contribution in [3.05, 3.63) is 58.1 Å². The summed E-state index contributed by atoms with van der Waals surface area (Å²) in [4.78, 5) is 14.2. The van der Waals surface area contributed by atoms with E-state index >= 15 is 0 Å². The van der Waals surface area contributed by atoms with Gasteiger partial charge in [0.25, 0.3) is 5.69 Å². The Kier molecular flexibility index (Phi) is 3.95. The van der Waals surface area contributed by atoms with E-state index in [-0.39, 0.29) is 11.4 Å². The number of non-ortho nitro benzene ring substituents is 1. The lowest BCUT2D eigenvalue weighted by Crippen LogP contribution is -1.89. The van der Waals surface area contributed by atoms with E-state index < -0.39 is 4.92 Å². The van der Waals surface area contributed by atoms with Crippen LogP contribution in [-0.2, 0) is 0 Å². The molecule has 102 valence electrons. The first kappa shape index (κ1) is 13.5. The number of phenols is 1. The van der Waals surface area contributed by atoms with Crippen LogP contribution >= 0.6 is 0 Å². The molecule has 0 saturated carbocycles. The highest BCUT2D eigenvalue weighted by Gasteiger charge is 2.08. The van der Waals surface area contributed by atoms with E-state index in [9.17, 15) is 15.2 Å². The molecular weight excluding hydrogens is 260 g/mol. The van der Waals surface area contributed by atoms with Crippen LogP contribution < -0.4 is 4.74 Å². The SMILES string of the molecule is COc1ccc(N=Cc2ccc([N+](=O)[O-])cc2O)cc1. The number of methoxy groups -OCH3 is 1. The van der Waals surface area contributed by atoms with E-state index in [1.807, 2.05) is 0 Å². The van der Waals surface area contributed by atoms with E-state index in [1.54, 1.807) is 31.4 Å². The molecule has 0 aliphatic carbocycles. The summed E-state index contributed by atoms with van der Waals surface area (Å²) in [5, 5.41) is 20.2. The van der Waals surface area contributed by atoms with Gasteiger partial charge in [-0.1, -0.05) is 0 Å². The molecular formula is C14H12N2O4. The Balaban J connectivity index is 2.20. The number of phenolic OH excluding ortho intramolecular Hbond substituents is 1. The fourth-order valence-corrected chi connectivity index (χ4v) is 1.57. The summed E-state index contributed by atoms with van der Waals surface area (Å²) in [5.41, 5.74) is 0.930. The van der Waals surface area contributed by atoms with Crippen LogP contribution in [0.3, 0.4) is 0 Å². The minimum Gasteiger partial charge on any atom is -0.507 e. The Morgan fingerprint density at radius 2 is 1.95 bits per heavy atom. The summed E-state index contributed by atoms with van der Waals surface area (Å²) in [5.74, 6) is 0.540. The topological polar surface area (TPSA) is 85.0 Å². The maximum Gasteiger partial charge on any atom is 0.273 e. The van der Waals surface area contributed by atoms with Crippen LogP contribution in [-0.4, -0.2) is 23.4 Å². The van der Waals surface area contributed by atoms with Gasteiger partial charge in [-0.3, -0.25) is 15.1 Å². The van der Waals surface area contributed by atoms with Gasteiger partial charge >= 0.3 is 0 Å². The summed E-state index contributed by atoms with van der Waals surface area (Å²) in [6.07, 6.45) is 1.45. The average Bonchev–Trinajstić information content (AvgIpc) is 2.46.